The van der Waals surface area contributed by atoms with Crippen molar-refractivity contribution >= 4 is 43.2 Å². The topological polar surface area (TPSA) is 66.9 Å². The van der Waals surface area contributed by atoms with Crippen molar-refractivity contribution in [2.24, 2.45) is 5.92 Å². The van der Waals surface area contributed by atoms with Crippen molar-refractivity contribution in [3.05, 3.63) is 15.9 Å². The number of carbonyl (C=O) groups is 1. The Hall–Kier alpha value is -0.480. The number of piperidine rings is 1. The fourth-order valence-corrected chi connectivity index (χ4v) is 7.03. The highest BCUT2D eigenvalue weighted by atomic mass is 79.9. The molecular weight excluding hydrogens is 428 g/mol. The summed E-state index contributed by atoms with van der Waals surface area (Å²) in [4.78, 5) is 14.8. The van der Waals surface area contributed by atoms with E-state index in [1.807, 2.05) is 18.7 Å². The zero-order valence-electron chi connectivity index (χ0n) is 14.4. The molecule has 2 saturated heterocycles. The van der Waals surface area contributed by atoms with E-state index < -0.39 is 10.0 Å². The summed E-state index contributed by atoms with van der Waals surface area (Å²) < 4.78 is 33.5. The molecule has 1 aromatic heterocycles. The van der Waals surface area contributed by atoms with E-state index in [-0.39, 0.29) is 17.4 Å². The molecule has 2 fully saturated rings. The van der Waals surface area contributed by atoms with Crippen LogP contribution < -0.4 is 0 Å². The minimum atomic E-state index is -3.46. The number of amides is 1. The smallest absolute Gasteiger partial charge is 0.252 e. The quantitative estimate of drug-likeness (QED) is 0.709. The summed E-state index contributed by atoms with van der Waals surface area (Å²) in [6, 6.07) is 3.37. The number of hydrogen-bond donors (Lipinski definition) is 0. The van der Waals surface area contributed by atoms with Crippen molar-refractivity contribution in [2.45, 2.75) is 36.4 Å². The second-order valence-corrected chi connectivity index (χ2v) is 11.7. The van der Waals surface area contributed by atoms with Gasteiger partial charge in [0.05, 0.1) is 22.5 Å². The lowest BCUT2D eigenvalue weighted by Crippen LogP contribution is -2.58. The van der Waals surface area contributed by atoms with E-state index in [4.69, 9.17) is 4.74 Å². The molecule has 2 aliphatic rings. The summed E-state index contributed by atoms with van der Waals surface area (Å²) in [5.41, 5.74) is -0.304. The summed E-state index contributed by atoms with van der Waals surface area (Å²) in [6.07, 6.45) is 1.14. The Kier molecular flexibility index (Phi) is 5.60. The second kappa shape index (κ2) is 7.26. The predicted octanol–water partition coefficient (Wildman–Crippen LogP) is 2.55. The van der Waals surface area contributed by atoms with Crippen LogP contribution in [0.4, 0.5) is 0 Å². The van der Waals surface area contributed by atoms with Crippen LogP contribution in [0.5, 0.6) is 0 Å². The van der Waals surface area contributed by atoms with Crippen LogP contribution in [0.15, 0.2) is 20.1 Å². The molecule has 25 heavy (non-hydrogen) atoms. The molecular formula is C16H23BrN2O4S2. The SMILES string of the molecule is CC1(C)COCCN1C(=O)C1CCN(S(=O)(=O)c2ccc(Br)s2)CC1. The number of halogens is 1. The van der Waals surface area contributed by atoms with E-state index in [1.165, 1.54) is 15.6 Å². The first-order chi connectivity index (χ1) is 11.7. The molecule has 2 aliphatic heterocycles. The van der Waals surface area contributed by atoms with Crippen LogP contribution in [0, 0.1) is 5.92 Å². The van der Waals surface area contributed by atoms with E-state index in [9.17, 15) is 13.2 Å². The fourth-order valence-electron chi connectivity index (χ4n) is 3.39. The number of ether oxygens (including phenoxy) is 1. The van der Waals surface area contributed by atoms with Gasteiger partial charge in [-0.2, -0.15) is 4.31 Å². The summed E-state index contributed by atoms with van der Waals surface area (Å²) in [7, 11) is -3.46. The number of rotatable bonds is 3. The Labute approximate surface area is 161 Å². The molecule has 0 aromatic carbocycles. The molecule has 1 aromatic rings. The molecule has 0 bridgehead atoms. The van der Waals surface area contributed by atoms with Gasteiger partial charge >= 0.3 is 0 Å². The van der Waals surface area contributed by atoms with Crippen molar-refractivity contribution < 1.29 is 17.9 Å². The summed E-state index contributed by atoms with van der Waals surface area (Å²) in [5.74, 6) is 0.0168. The van der Waals surface area contributed by atoms with Gasteiger partial charge in [-0.05, 0) is 54.8 Å². The molecule has 0 atom stereocenters. The van der Waals surface area contributed by atoms with Gasteiger partial charge in [0, 0.05) is 25.6 Å². The monoisotopic (exact) mass is 450 g/mol. The van der Waals surface area contributed by atoms with Gasteiger partial charge in [0.1, 0.15) is 4.21 Å². The first kappa shape index (κ1) is 19.3. The van der Waals surface area contributed by atoms with E-state index in [0.29, 0.717) is 49.9 Å². The zero-order valence-corrected chi connectivity index (χ0v) is 17.6. The number of morpholine rings is 1. The minimum absolute atomic E-state index is 0.112. The van der Waals surface area contributed by atoms with Gasteiger partial charge in [-0.3, -0.25) is 4.79 Å². The Balaban J connectivity index is 1.64. The molecule has 0 radical (unpaired) electrons. The van der Waals surface area contributed by atoms with E-state index in [1.54, 1.807) is 12.1 Å². The predicted molar refractivity (Wildman–Crippen MR) is 100 cm³/mol. The van der Waals surface area contributed by atoms with Crippen molar-refractivity contribution in [1.82, 2.24) is 9.21 Å². The lowest BCUT2D eigenvalue weighted by molar-refractivity contribution is -0.151. The highest BCUT2D eigenvalue weighted by molar-refractivity contribution is 9.11. The third-order valence-electron chi connectivity index (χ3n) is 4.86. The summed E-state index contributed by atoms with van der Waals surface area (Å²) >= 11 is 4.52. The van der Waals surface area contributed by atoms with Crippen molar-refractivity contribution in [3.63, 3.8) is 0 Å². The maximum atomic E-state index is 12.9. The normalized spacial score (nSPS) is 22.9. The van der Waals surface area contributed by atoms with Gasteiger partial charge in [0.15, 0.2) is 0 Å². The number of hydrogen-bond acceptors (Lipinski definition) is 5. The standard InChI is InChI=1S/C16H23BrN2O4S2/c1-16(2)11-23-10-9-19(16)15(20)12-5-7-18(8-6-12)25(21,22)14-4-3-13(17)24-14/h3-4,12H,5-11H2,1-2H3. The molecule has 6 nitrogen and oxygen atoms in total. The second-order valence-electron chi connectivity index (χ2n) is 7.09. The van der Waals surface area contributed by atoms with E-state index >= 15 is 0 Å². The van der Waals surface area contributed by atoms with Crippen molar-refractivity contribution in [3.8, 4) is 0 Å². The van der Waals surface area contributed by atoms with Gasteiger partial charge in [-0.25, -0.2) is 8.42 Å². The molecule has 0 aliphatic carbocycles. The number of thiophene rings is 1. The van der Waals surface area contributed by atoms with Crippen LogP contribution in [0.1, 0.15) is 26.7 Å². The molecule has 0 spiro atoms. The van der Waals surface area contributed by atoms with Crippen LogP contribution in [0.25, 0.3) is 0 Å². The summed E-state index contributed by atoms with van der Waals surface area (Å²) in [5, 5.41) is 0. The molecule has 9 heteroatoms. The van der Waals surface area contributed by atoms with Crippen LogP contribution in [-0.4, -0.2) is 61.9 Å². The first-order valence-electron chi connectivity index (χ1n) is 8.36. The third kappa shape index (κ3) is 3.95. The average molecular weight is 451 g/mol. The molecule has 3 rings (SSSR count). The molecule has 140 valence electrons. The van der Waals surface area contributed by atoms with Gasteiger partial charge in [-0.15, -0.1) is 11.3 Å². The molecule has 3 heterocycles. The molecule has 1 amide bonds. The fraction of sp³-hybridized carbons (Fsp3) is 0.688. The third-order valence-corrected chi connectivity index (χ3v) is 8.85. The zero-order chi connectivity index (χ0) is 18.2. The number of sulfonamides is 1. The lowest BCUT2D eigenvalue weighted by Gasteiger charge is -2.44. The molecule has 0 N–H and O–H groups in total. The van der Waals surface area contributed by atoms with Gasteiger partial charge in [-0.1, -0.05) is 0 Å². The van der Waals surface area contributed by atoms with Crippen molar-refractivity contribution in [2.75, 3.05) is 32.8 Å². The van der Waals surface area contributed by atoms with E-state index in [2.05, 4.69) is 15.9 Å². The highest BCUT2D eigenvalue weighted by Gasteiger charge is 2.39. The Morgan fingerprint density at radius 1 is 1.28 bits per heavy atom. The summed E-state index contributed by atoms with van der Waals surface area (Å²) in [6.45, 7) is 6.51. The van der Waals surface area contributed by atoms with Gasteiger partial charge in [0.25, 0.3) is 10.0 Å². The van der Waals surface area contributed by atoms with E-state index in [0.717, 1.165) is 3.79 Å². The molecule has 0 unspecified atom stereocenters. The number of carbonyl (C=O) groups excluding carboxylic acids is 1. The van der Waals surface area contributed by atoms with Crippen LogP contribution in [-0.2, 0) is 19.6 Å². The molecule has 0 saturated carbocycles. The first-order valence-corrected chi connectivity index (χ1v) is 11.4. The largest absolute Gasteiger partial charge is 0.377 e. The maximum absolute atomic E-state index is 12.9. The Morgan fingerprint density at radius 2 is 1.96 bits per heavy atom. The van der Waals surface area contributed by atoms with Gasteiger partial charge in [0.2, 0.25) is 5.91 Å². The Bertz CT molecular complexity index is 739. The minimum Gasteiger partial charge on any atom is -0.377 e. The van der Waals surface area contributed by atoms with Crippen molar-refractivity contribution in [1.29, 1.82) is 0 Å². The lowest BCUT2D eigenvalue weighted by atomic mass is 9.93. The number of nitrogens with zero attached hydrogens (tertiary/aromatic N) is 2. The average Bonchev–Trinajstić information content (AvgIpc) is 3.01. The maximum Gasteiger partial charge on any atom is 0.252 e. The van der Waals surface area contributed by atoms with Crippen LogP contribution in [0.3, 0.4) is 0 Å². The van der Waals surface area contributed by atoms with Gasteiger partial charge < -0.3 is 9.64 Å². The highest BCUT2D eigenvalue weighted by Crippen LogP contribution is 2.32. The van der Waals surface area contributed by atoms with Crippen LogP contribution in [0.2, 0.25) is 0 Å². The Morgan fingerprint density at radius 3 is 2.52 bits per heavy atom. The van der Waals surface area contributed by atoms with Crippen LogP contribution >= 0.6 is 27.3 Å².